The van der Waals surface area contributed by atoms with E-state index in [1.54, 1.807) is 30.5 Å². The average Bonchev–Trinajstić information content (AvgIpc) is 2.94. The molecule has 3 rings (SSSR count). The van der Waals surface area contributed by atoms with Crippen LogP contribution in [0.25, 0.3) is 5.69 Å². The van der Waals surface area contributed by atoms with Gasteiger partial charge in [0.1, 0.15) is 5.75 Å². The van der Waals surface area contributed by atoms with Crippen LogP contribution in [0.1, 0.15) is 17.0 Å². The highest BCUT2D eigenvalue weighted by Crippen LogP contribution is 2.23. The lowest BCUT2D eigenvalue weighted by molar-refractivity contribution is -0.123. The molecular formula is C21H19BrClN3O2. The third-order valence-corrected chi connectivity index (χ3v) is 4.93. The summed E-state index contributed by atoms with van der Waals surface area (Å²) in [5.41, 5.74) is 6.55. The molecule has 1 amide bonds. The summed E-state index contributed by atoms with van der Waals surface area (Å²) >= 11 is 9.50. The van der Waals surface area contributed by atoms with E-state index in [2.05, 4.69) is 37.1 Å². The van der Waals surface area contributed by atoms with E-state index >= 15 is 0 Å². The quantitative estimate of drug-likeness (QED) is 0.414. The molecule has 144 valence electrons. The van der Waals surface area contributed by atoms with Gasteiger partial charge in [0.05, 0.1) is 11.2 Å². The number of benzene rings is 2. The highest BCUT2D eigenvalue weighted by atomic mass is 79.9. The number of hydrazone groups is 1. The van der Waals surface area contributed by atoms with Crippen molar-refractivity contribution in [3.05, 3.63) is 81.0 Å². The zero-order valence-electron chi connectivity index (χ0n) is 15.4. The van der Waals surface area contributed by atoms with Gasteiger partial charge in [-0.1, -0.05) is 45.7 Å². The number of ether oxygens (including phenoxy) is 1. The fourth-order valence-corrected chi connectivity index (χ4v) is 3.42. The van der Waals surface area contributed by atoms with Gasteiger partial charge in [0.15, 0.2) is 6.61 Å². The molecule has 0 aliphatic carbocycles. The first-order valence-corrected chi connectivity index (χ1v) is 9.77. The Morgan fingerprint density at radius 1 is 1.21 bits per heavy atom. The van der Waals surface area contributed by atoms with Gasteiger partial charge in [-0.15, -0.1) is 0 Å². The van der Waals surface area contributed by atoms with Crippen LogP contribution < -0.4 is 10.2 Å². The molecule has 0 saturated heterocycles. The SMILES string of the molecule is Cc1cc(/C=N\NC(=O)COc2ccccc2Cl)c(C)n1-c1cccc(Br)c1. The summed E-state index contributed by atoms with van der Waals surface area (Å²) in [4.78, 5) is 11.9. The third kappa shape index (κ3) is 4.82. The van der Waals surface area contributed by atoms with Gasteiger partial charge >= 0.3 is 0 Å². The minimum Gasteiger partial charge on any atom is -0.482 e. The Hall–Kier alpha value is -2.57. The van der Waals surface area contributed by atoms with E-state index in [4.69, 9.17) is 16.3 Å². The Labute approximate surface area is 177 Å². The van der Waals surface area contributed by atoms with Crippen LogP contribution in [-0.2, 0) is 4.79 Å². The first kappa shape index (κ1) is 20.2. The van der Waals surface area contributed by atoms with E-state index in [0.717, 1.165) is 27.1 Å². The second-order valence-electron chi connectivity index (χ2n) is 6.15. The Morgan fingerprint density at radius 3 is 2.75 bits per heavy atom. The number of nitrogens with one attached hydrogen (secondary N) is 1. The van der Waals surface area contributed by atoms with Crippen molar-refractivity contribution in [1.29, 1.82) is 0 Å². The van der Waals surface area contributed by atoms with Gasteiger partial charge < -0.3 is 9.30 Å². The molecule has 0 fully saturated rings. The standard InChI is InChI=1S/C21H19BrClN3O2/c1-14-10-16(15(2)26(14)18-7-5-6-17(22)11-18)12-24-25-21(27)13-28-20-9-4-3-8-19(20)23/h3-12H,13H2,1-2H3,(H,25,27)/b24-12-. The number of halogens is 2. The van der Waals surface area contributed by atoms with Crippen molar-refractivity contribution < 1.29 is 9.53 Å². The van der Waals surface area contributed by atoms with Gasteiger partial charge in [-0.25, -0.2) is 5.43 Å². The number of aryl methyl sites for hydroxylation is 1. The summed E-state index contributed by atoms with van der Waals surface area (Å²) in [5, 5.41) is 4.50. The summed E-state index contributed by atoms with van der Waals surface area (Å²) in [7, 11) is 0. The van der Waals surface area contributed by atoms with E-state index in [1.165, 1.54) is 0 Å². The van der Waals surface area contributed by atoms with Crippen LogP contribution in [0.5, 0.6) is 5.75 Å². The number of para-hydroxylation sites is 1. The Bertz CT molecular complexity index is 1030. The number of amides is 1. The fraction of sp³-hybridized carbons (Fsp3) is 0.143. The van der Waals surface area contributed by atoms with Crippen molar-refractivity contribution >= 4 is 39.7 Å². The predicted molar refractivity (Wildman–Crippen MR) is 116 cm³/mol. The van der Waals surface area contributed by atoms with Crippen LogP contribution in [-0.4, -0.2) is 23.3 Å². The number of hydrogen-bond donors (Lipinski definition) is 1. The first-order valence-electron chi connectivity index (χ1n) is 8.60. The molecule has 0 saturated carbocycles. The number of carbonyl (C=O) groups is 1. The van der Waals surface area contributed by atoms with Crippen molar-refractivity contribution in [3.8, 4) is 11.4 Å². The Morgan fingerprint density at radius 2 is 2.00 bits per heavy atom. The lowest BCUT2D eigenvalue weighted by Crippen LogP contribution is -2.24. The lowest BCUT2D eigenvalue weighted by Gasteiger charge is -2.09. The maximum atomic E-state index is 11.9. The maximum absolute atomic E-state index is 11.9. The topological polar surface area (TPSA) is 55.6 Å². The number of nitrogens with zero attached hydrogens (tertiary/aromatic N) is 2. The monoisotopic (exact) mass is 459 g/mol. The molecule has 7 heteroatoms. The summed E-state index contributed by atoms with van der Waals surface area (Å²) in [6.45, 7) is 3.87. The Balaban J connectivity index is 1.64. The minimum absolute atomic E-state index is 0.169. The lowest BCUT2D eigenvalue weighted by atomic mass is 10.2. The van der Waals surface area contributed by atoms with Gasteiger partial charge in [-0.3, -0.25) is 4.79 Å². The molecule has 1 N–H and O–H groups in total. The molecule has 0 atom stereocenters. The van der Waals surface area contributed by atoms with Gasteiger partial charge in [0, 0.05) is 27.1 Å². The van der Waals surface area contributed by atoms with Crippen molar-refractivity contribution in [1.82, 2.24) is 9.99 Å². The van der Waals surface area contributed by atoms with E-state index in [9.17, 15) is 4.79 Å². The second kappa shape index (κ2) is 9.08. The molecule has 5 nitrogen and oxygen atoms in total. The third-order valence-electron chi connectivity index (χ3n) is 4.12. The summed E-state index contributed by atoms with van der Waals surface area (Å²) in [6.07, 6.45) is 1.63. The molecule has 0 bridgehead atoms. The number of hydrogen-bond acceptors (Lipinski definition) is 3. The van der Waals surface area contributed by atoms with E-state index in [0.29, 0.717) is 10.8 Å². The van der Waals surface area contributed by atoms with Gasteiger partial charge in [-0.2, -0.15) is 5.10 Å². The van der Waals surface area contributed by atoms with E-state index in [-0.39, 0.29) is 12.5 Å². The van der Waals surface area contributed by atoms with Gasteiger partial charge in [0.25, 0.3) is 5.91 Å². The van der Waals surface area contributed by atoms with Gasteiger partial charge in [0.2, 0.25) is 0 Å². The van der Waals surface area contributed by atoms with Crippen LogP contribution in [0.2, 0.25) is 5.02 Å². The molecule has 0 radical (unpaired) electrons. The van der Waals surface area contributed by atoms with Crippen molar-refractivity contribution in [2.75, 3.05) is 6.61 Å². The van der Waals surface area contributed by atoms with Crippen molar-refractivity contribution in [3.63, 3.8) is 0 Å². The normalized spacial score (nSPS) is 11.0. The maximum Gasteiger partial charge on any atom is 0.277 e. The summed E-state index contributed by atoms with van der Waals surface area (Å²) in [5.74, 6) is 0.0952. The molecule has 0 spiro atoms. The first-order chi connectivity index (χ1) is 13.5. The number of aromatic nitrogens is 1. The molecule has 1 aromatic heterocycles. The Kier molecular flexibility index (Phi) is 6.54. The molecule has 3 aromatic rings. The predicted octanol–water partition coefficient (Wildman–Crippen LogP) is 5.04. The molecule has 0 unspecified atom stereocenters. The van der Waals surface area contributed by atoms with Gasteiger partial charge in [-0.05, 0) is 50.2 Å². The van der Waals surface area contributed by atoms with Crippen LogP contribution >= 0.6 is 27.5 Å². The van der Waals surface area contributed by atoms with E-state index in [1.807, 2.05) is 38.1 Å². The highest BCUT2D eigenvalue weighted by molar-refractivity contribution is 9.10. The largest absolute Gasteiger partial charge is 0.482 e. The molecule has 1 heterocycles. The molecule has 2 aromatic carbocycles. The van der Waals surface area contributed by atoms with Crippen LogP contribution in [0.15, 0.2) is 64.2 Å². The second-order valence-corrected chi connectivity index (χ2v) is 7.48. The molecular weight excluding hydrogens is 442 g/mol. The summed E-state index contributed by atoms with van der Waals surface area (Å²) < 4.78 is 8.54. The number of carbonyl (C=O) groups excluding carboxylic acids is 1. The average molecular weight is 461 g/mol. The van der Waals surface area contributed by atoms with E-state index < -0.39 is 0 Å². The molecule has 0 aliphatic heterocycles. The van der Waals surface area contributed by atoms with Crippen LogP contribution in [0.4, 0.5) is 0 Å². The highest BCUT2D eigenvalue weighted by Gasteiger charge is 2.10. The number of rotatable bonds is 6. The smallest absolute Gasteiger partial charge is 0.277 e. The zero-order chi connectivity index (χ0) is 20.1. The zero-order valence-corrected chi connectivity index (χ0v) is 17.8. The van der Waals surface area contributed by atoms with Crippen LogP contribution in [0.3, 0.4) is 0 Å². The van der Waals surface area contributed by atoms with Crippen LogP contribution in [0, 0.1) is 13.8 Å². The minimum atomic E-state index is -0.364. The molecule has 28 heavy (non-hydrogen) atoms. The van der Waals surface area contributed by atoms with Crippen molar-refractivity contribution in [2.24, 2.45) is 5.10 Å². The summed E-state index contributed by atoms with van der Waals surface area (Å²) in [6, 6.07) is 17.1. The molecule has 0 aliphatic rings. The fourth-order valence-electron chi connectivity index (χ4n) is 2.84. The van der Waals surface area contributed by atoms with Crippen molar-refractivity contribution in [2.45, 2.75) is 13.8 Å².